The van der Waals surface area contributed by atoms with Gasteiger partial charge >= 0.3 is 0 Å². The number of hydrogen-bond acceptors (Lipinski definition) is 3. The maximum absolute atomic E-state index is 13.8. The van der Waals surface area contributed by atoms with Crippen molar-refractivity contribution in [1.29, 1.82) is 0 Å². The van der Waals surface area contributed by atoms with Crippen LogP contribution >= 0.6 is 0 Å². The van der Waals surface area contributed by atoms with Crippen molar-refractivity contribution in [2.24, 2.45) is 10.7 Å². The van der Waals surface area contributed by atoms with Crippen molar-refractivity contribution >= 4 is 16.6 Å². The molecule has 0 saturated carbocycles. The Balaban J connectivity index is 2.57. The number of fused-ring (bicyclic) bond motifs is 1. The van der Waals surface area contributed by atoms with Gasteiger partial charge in [-0.2, -0.15) is 5.10 Å². The maximum atomic E-state index is 13.8. The molecule has 1 heterocycles. The Morgan fingerprint density at radius 3 is 2.67 bits per heavy atom. The van der Waals surface area contributed by atoms with Gasteiger partial charge in [0.05, 0.1) is 22.8 Å². The fourth-order valence-corrected chi connectivity index (χ4v) is 2.08. The zero-order valence-electron chi connectivity index (χ0n) is 12.1. The van der Waals surface area contributed by atoms with Crippen LogP contribution in [0.4, 0.5) is 8.78 Å². The molecular weight excluding hydrogens is 274 g/mol. The lowest BCUT2D eigenvalue weighted by atomic mass is 10.1. The number of benzene rings is 1. The van der Waals surface area contributed by atoms with Crippen LogP contribution < -0.4 is 5.73 Å². The smallest absolute Gasteiger partial charge is 0.166 e. The highest BCUT2D eigenvalue weighted by Crippen LogP contribution is 2.22. The van der Waals surface area contributed by atoms with Gasteiger partial charge in [0.2, 0.25) is 0 Å². The molecule has 0 atom stereocenters. The number of nitrogens with zero attached hydrogens (tertiary/aromatic N) is 2. The molecule has 21 heavy (non-hydrogen) atoms. The lowest BCUT2D eigenvalue weighted by molar-refractivity contribution is 0.635. The molecule has 110 valence electrons. The minimum absolute atomic E-state index is 0.107. The Kier molecular flexibility index (Phi) is 3.88. The SMILES string of the molecule is C=C(N)/C(F)=C(/C)N=C(C)c1[nH]nc2c(F)cc(C)cc12. The van der Waals surface area contributed by atoms with Crippen LogP contribution in [-0.4, -0.2) is 15.9 Å². The highest BCUT2D eigenvalue weighted by atomic mass is 19.1. The third kappa shape index (κ3) is 2.84. The molecule has 0 aliphatic heterocycles. The summed E-state index contributed by atoms with van der Waals surface area (Å²) in [4.78, 5) is 4.14. The van der Waals surface area contributed by atoms with E-state index < -0.39 is 11.6 Å². The normalized spacial score (nSPS) is 13.5. The fourth-order valence-electron chi connectivity index (χ4n) is 2.08. The van der Waals surface area contributed by atoms with E-state index in [2.05, 4.69) is 21.8 Å². The van der Waals surface area contributed by atoms with Gasteiger partial charge in [0.25, 0.3) is 0 Å². The molecule has 1 aromatic carbocycles. The van der Waals surface area contributed by atoms with Gasteiger partial charge in [0.15, 0.2) is 11.6 Å². The van der Waals surface area contributed by atoms with Crippen molar-refractivity contribution in [2.75, 3.05) is 0 Å². The van der Waals surface area contributed by atoms with Gasteiger partial charge < -0.3 is 5.73 Å². The summed E-state index contributed by atoms with van der Waals surface area (Å²) in [6.45, 7) is 8.28. The Labute approximate surface area is 121 Å². The quantitative estimate of drug-likeness (QED) is 0.671. The van der Waals surface area contributed by atoms with Crippen molar-refractivity contribution in [1.82, 2.24) is 10.2 Å². The third-order valence-corrected chi connectivity index (χ3v) is 3.05. The van der Waals surface area contributed by atoms with Crippen LogP contribution in [0, 0.1) is 12.7 Å². The summed E-state index contributed by atoms with van der Waals surface area (Å²) in [5.74, 6) is -1.07. The Hall–Kier alpha value is -2.50. The van der Waals surface area contributed by atoms with Crippen molar-refractivity contribution < 1.29 is 8.78 Å². The largest absolute Gasteiger partial charge is 0.397 e. The Morgan fingerprint density at radius 1 is 1.38 bits per heavy atom. The van der Waals surface area contributed by atoms with Crippen LogP contribution in [0.1, 0.15) is 25.1 Å². The van der Waals surface area contributed by atoms with Gasteiger partial charge in [-0.3, -0.25) is 10.1 Å². The van der Waals surface area contributed by atoms with Crippen LogP contribution in [-0.2, 0) is 0 Å². The Morgan fingerprint density at radius 2 is 2.05 bits per heavy atom. The highest BCUT2D eigenvalue weighted by Gasteiger charge is 2.13. The molecule has 1 aromatic heterocycles. The molecule has 0 aliphatic carbocycles. The van der Waals surface area contributed by atoms with Crippen LogP contribution in [0.2, 0.25) is 0 Å². The predicted octanol–water partition coefficient (Wildman–Crippen LogP) is 3.49. The zero-order chi connectivity index (χ0) is 15.7. The van der Waals surface area contributed by atoms with E-state index in [1.807, 2.05) is 0 Å². The number of aliphatic imine (C=N–C) groups is 1. The minimum atomic E-state index is -0.666. The number of rotatable bonds is 3. The van der Waals surface area contributed by atoms with Gasteiger partial charge in [-0.25, -0.2) is 8.78 Å². The molecule has 0 fully saturated rings. The predicted molar refractivity (Wildman–Crippen MR) is 80.1 cm³/mol. The van der Waals surface area contributed by atoms with E-state index in [-0.39, 0.29) is 16.9 Å². The van der Waals surface area contributed by atoms with Gasteiger partial charge in [-0.05, 0) is 38.5 Å². The summed E-state index contributed by atoms with van der Waals surface area (Å²) in [5, 5.41) is 7.28. The fraction of sp³-hybridized carbons (Fsp3) is 0.200. The van der Waals surface area contributed by atoms with Crippen LogP contribution in [0.25, 0.3) is 10.9 Å². The van der Waals surface area contributed by atoms with Gasteiger partial charge in [-0.1, -0.05) is 6.58 Å². The topological polar surface area (TPSA) is 67.1 Å². The average molecular weight is 290 g/mol. The first kappa shape index (κ1) is 14.9. The first-order valence-electron chi connectivity index (χ1n) is 6.32. The number of halogens is 2. The monoisotopic (exact) mass is 290 g/mol. The van der Waals surface area contributed by atoms with Gasteiger partial charge in [0.1, 0.15) is 5.52 Å². The van der Waals surface area contributed by atoms with Crippen LogP contribution in [0.5, 0.6) is 0 Å². The number of H-pyrrole nitrogens is 1. The molecule has 4 nitrogen and oxygen atoms in total. The highest BCUT2D eigenvalue weighted by molar-refractivity contribution is 6.08. The summed E-state index contributed by atoms with van der Waals surface area (Å²) < 4.78 is 27.4. The molecule has 0 aliphatic rings. The van der Waals surface area contributed by atoms with Gasteiger partial charge in [-0.15, -0.1) is 0 Å². The molecule has 0 spiro atoms. The van der Waals surface area contributed by atoms with E-state index >= 15 is 0 Å². The molecule has 2 rings (SSSR count). The van der Waals surface area contributed by atoms with E-state index in [0.29, 0.717) is 16.8 Å². The van der Waals surface area contributed by atoms with E-state index in [1.54, 1.807) is 19.9 Å². The molecule has 0 saturated heterocycles. The molecule has 3 N–H and O–H groups in total. The third-order valence-electron chi connectivity index (χ3n) is 3.05. The number of nitrogens with one attached hydrogen (secondary N) is 1. The van der Waals surface area contributed by atoms with Crippen molar-refractivity contribution in [3.8, 4) is 0 Å². The molecular formula is C15H16F2N4. The summed E-state index contributed by atoms with van der Waals surface area (Å²) in [6.07, 6.45) is 0. The summed E-state index contributed by atoms with van der Waals surface area (Å²) >= 11 is 0. The first-order valence-corrected chi connectivity index (χ1v) is 6.32. The first-order chi connectivity index (χ1) is 9.81. The Bertz CT molecular complexity index is 784. The number of aromatic nitrogens is 2. The van der Waals surface area contributed by atoms with Crippen LogP contribution in [0.15, 0.2) is 40.9 Å². The second-order valence-electron chi connectivity index (χ2n) is 4.86. The zero-order valence-corrected chi connectivity index (χ0v) is 12.1. The summed E-state index contributed by atoms with van der Waals surface area (Å²) in [6, 6.07) is 3.20. The molecule has 0 amide bonds. The summed E-state index contributed by atoms with van der Waals surface area (Å²) in [7, 11) is 0. The number of aryl methyl sites for hydroxylation is 1. The van der Waals surface area contributed by atoms with E-state index in [9.17, 15) is 8.78 Å². The average Bonchev–Trinajstić information content (AvgIpc) is 2.81. The van der Waals surface area contributed by atoms with E-state index in [4.69, 9.17) is 5.73 Å². The second kappa shape index (κ2) is 5.47. The van der Waals surface area contributed by atoms with E-state index in [1.165, 1.54) is 13.0 Å². The van der Waals surface area contributed by atoms with Crippen LogP contribution in [0.3, 0.4) is 0 Å². The van der Waals surface area contributed by atoms with E-state index in [0.717, 1.165) is 5.56 Å². The lowest BCUT2D eigenvalue weighted by Crippen LogP contribution is -2.00. The molecule has 2 aromatic rings. The number of aromatic amines is 1. The van der Waals surface area contributed by atoms with Crippen molar-refractivity contribution in [3.05, 3.63) is 53.0 Å². The molecule has 0 bridgehead atoms. The van der Waals surface area contributed by atoms with Crippen molar-refractivity contribution in [3.63, 3.8) is 0 Å². The molecule has 0 unspecified atom stereocenters. The maximum Gasteiger partial charge on any atom is 0.166 e. The second-order valence-corrected chi connectivity index (χ2v) is 4.86. The number of allylic oxidation sites excluding steroid dienone is 2. The van der Waals surface area contributed by atoms with Crippen molar-refractivity contribution in [2.45, 2.75) is 20.8 Å². The van der Waals surface area contributed by atoms with Gasteiger partial charge in [0, 0.05) is 5.39 Å². The molecule has 6 heteroatoms. The minimum Gasteiger partial charge on any atom is -0.397 e. The number of nitrogens with two attached hydrogens (primary N) is 1. The lowest BCUT2D eigenvalue weighted by Gasteiger charge is -2.02. The summed E-state index contributed by atoms with van der Waals surface area (Å²) in [5.41, 5.74) is 7.25. The number of hydrogen-bond donors (Lipinski definition) is 2. The standard InChI is InChI=1S/C15H16F2N4/c1-7-5-11-14(20-21-15(11)12(16)6-7)10(4)19-9(3)13(17)8(2)18/h5-6H,2,18H2,1,3-4H3,(H,20,21)/b13-9+,19-10?. The molecule has 0 radical (unpaired) electrons.